The van der Waals surface area contributed by atoms with E-state index in [4.69, 9.17) is 37.7 Å². The highest BCUT2D eigenvalue weighted by Crippen LogP contribution is 2.62. The highest BCUT2D eigenvalue weighted by molar-refractivity contribution is 6.31. The highest BCUT2D eigenvalue weighted by Gasteiger charge is 2.64. The number of benzene rings is 1. The van der Waals surface area contributed by atoms with Gasteiger partial charge in [-0.05, 0) is 82.7 Å². The maximum absolute atomic E-state index is 14.0. The Morgan fingerprint density at radius 2 is 1.94 bits per heavy atom. The summed E-state index contributed by atoms with van der Waals surface area (Å²) >= 11 is 13.0. The van der Waals surface area contributed by atoms with Crippen molar-refractivity contribution in [2.24, 2.45) is 11.3 Å². The van der Waals surface area contributed by atoms with Crippen molar-refractivity contribution < 1.29 is 19.1 Å². The van der Waals surface area contributed by atoms with Gasteiger partial charge in [0.25, 0.3) is 0 Å². The van der Waals surface area contributed by atoms with Crippen molar-refractivity contribution in [1.82, 2.24) is 9.88 Å². The fourth-order valence-corrected chi connectivity index (χ4v) is 6.76. The molecule has 0 spiro atoms. The van der Waals surface area contributed by atoms with Crippen LogP contribution in [0.25, 0.3) is 0 Å². The molecular formula is C28H34Cl2N2O4. The maximum Gasteiger partial charge on any atom is 0.417 e. The van der Waals surface area contributed by atoms with Crippen LogP contribution in [-0.4, -0.2) is 40.6 Å². The first-order chi connectivity index (χ1) is 16.9. The van der Waals surface area contributed by atoms with Gasteiger partial charge in [0.15, 0.2) is 0 Å². The van der Waals surface area contributed by atoms with Crippen molar-refractivity contribution in [3.8, 4) is 5.75 Å². The van der Waals surface area contributed by atoms with Crippen LogP contribution in [0.3, 0.4) is 0 Å². The molecule has 1 saturated heterocycles. The average Bonchev–Trinajstić information content (AvgIpc) is 3.05. The number of carbonyl (C=O) groups excluding carboxylic acids is 2. The summed E-state index contributed by atoms with van der Waals surface area (Å²) in [6.45, 7) is 9.40. The first-order valence-corrected chi connectivity index (χ1v) is 13.2. The molecule has 0 radical (unpaired) electrons. The lowest BCUT2D eigenvalue weighted by molar-refractivity contribution is -0.138. The molecule has 0 unspecified atom stereocenters. The minimum atomic E-state index is -0.708. The van der Waals surface area contributed by atoms with Gasteiger partial charge in [0.2, 0.25) is 5.91 Å². The summed E-state index contributed by atoms with van der Waals surface area (Å²) in [7, 11) is 1.61. The molecule has 2 fully saturated rings. The molecule has 4 rings (SSSR count). The summed E-state index contributed by atoms with van der Waals surface area (Å²) in [5.74, 6) is 0.191. The number of ether oxygens (including phenoxy) is 2. The Hall–Kier alpha value is -2.31. The number of likely N-dealkylation sites (tertiary alicyclic amines) is 1. The van der Waals surface area contributed by atoms with E-state index in [2.05, 4.69) is 0 Å². The normalized spacial score (nSPS) is 28.1. The number of nitrogens with zero attached hydrogens (tertiary/aromatic N) is 2. The smallest absolute Gasteiger partial charge is 0.417 e. The van der Waals surface area contributed by atoms with Crippen LogP contribution < -0.4 is 4.74 Å². The van der Waals surface area contributed by atoms with Gasteiger partial charge >= 0.3 is 6.09 Å². The van der Waals surface area contributed by atoms with Crippen molar-refractivity contribution in [1.29, 1.82) is 0 Å². The van der Waals surface area contributed by atoms with Gasteiger partial charge in [0.05, 0.1) is 17.5 Å². The zero-order chi connectivity index (χ0) is 26.4. The molecule has 1 aromatic carbocycles. The van der Waals surface area contributed by atoms with Crippen molar-refractivity contribution in [3.05, 3.63) is 57.8 Å². The second-order valence-electron chi connectivity index (χ2n) is 10.9. The Bertz CT molecular complexity index is 1150. The zero-order valence-corrected chi connectivity index (χ0v) is 23.2. The van der Waals surface area contributed by atoms with Crippen LogP contribution >= 0.6 is 23.2 Å². The Morgan fingerprint density at radius 3 is 2.50 bits per heavy atom. The lowest BCUT2D eigenvalue weighted by Gasteiger charge is -2.47. The number of rotatable bonds is 4. The van der Waals surface area contributed by atoms with E-state index in [9.17, 15) is 9.59 Å². The van der Waals surface area contributed by atoms with Crippen molar-refractivity contribution in [2.75, 3.05) is 7.11 Å². The summed E-state index contributed by atoms with van der Waals surface area (Å²) in [4.78, 5) is 33.3. The van der Waals surface area contributed by atoms with Gasteiger partial charge in [-0.2, -0.15) is 0 Å². The second kappa shape index (κ2) is 9.86. The van der Waals surface area contributed by atoms with E-state index in [1.807, 2.05) is 44.2 Å². The molecule has 2 aliphatic rings. The molecule has 8 heteroatoms. The fourth-order valence-electron chi connectivity index (χ4n) is 6.33. The molecule has 2 heterocycles. The highest BCUT2D eigenvalue weighted by atomic mass is 35.5. The molecule has 36 heavy (non-hydrogen) atoms. The molecule has 5 atom stereocenters. The van der Waals surface area contributed by atoms with Gasteiger partial charge in [-0.3, -0.25) is 9.78 Å². The Kier molecular flexibility index (Phi) is 7.33. The third-order valence-electron chi connectivity index (χ3n) is 7.85. The van der Waals surface area contributed by atoms with Gasteiger partial charge in [-0.25, -0.2) is 9.69 Å². The predicted octanol–water partition coefficient (Wildman–Crippen LogP) is 7.24. The number of fused-ring (bicyclic) bond motifs is 1. The molecule has 2 amide bonds. The number of hydrogen-bond donors (Lipinski definition) is 0. The molecule has 2 aromatic rings. The minimum Gasteiger partial charge on any atom is -0.497 e. The topological polar surface area (TPSA) is 68.7 Å². The number of imide groups is 1. The van der Waals surface area contributed by atoms with Gasteiger partial charge in [-0.1, -0.05) is 36.2 Å². The SMILES string of the molecule is CC[C@@]12CC[C@@H](c3ccc(OC)cc3Cl)[C@H](c3ccc(Cl)cn3)[C@@H]1[C@@H](C)N(C(=O)OC(C)(C)C)C2=O. The summed E-state index contributed by atoms with van der Waals surface area (Å²) in [6, 6.07) is 9.10. The monoisotopic (exact) mass is 532 g/mol. The van der Waals surface area contributed by atoms with Crippen LogP contribution in [0, 0.1) is 11.3 Å². The second-order valence-corrected chi connectivity index (χ2v) is 11.7. The van der Waals surface area contributed by atoms with Gasteiger partial charge in [0.1, 0.15) is 11.4 Å². The molecule has 0 N–H and O–H groups in total. The number of amides is 2. The van der Waals surface area contributed by atoms with Gasteiger partial charge in [-0.15, -0.1) is 0 Å². The number of hydrogen-bond acceptors (Lipinski definition) is 5. The third kappa shape index (κ3) is 4.58. The van der Waals surface area contributed by atoms with Crippen LogP contribution in [0.5, 0.6) is 5.75 Å². The van der Waals surface area contributed by atoms with Crippen molar-refractivity contribution in [2.45, 2.75) is 77.4 Å². The van der Waals surface area contributed by atoms with Gasteiger partial charge in [0, 0.05) is 34.8 Å². The molecule has 0 bridgehead atoms. The number of aromatic nitrogens is 1. The summed E-state index contributed by atoms with van der Waals surface area (Å²) < 4.78 is 11.0. The summed E-state index contributed by atoms with van der Waals surface area (Å²) in [5.41, 5.74) is 0.418. The van der Waals surface area contributed by atoms with Crippen LogP contribution in [0.4, 0.5) is 4.79 Å². The van der Waals surface area contributed by atoms with E-state index >= 15 is 0 Å². The molecule has 1 saturated carbocycles. The number of pyridine rings is 1. The first kappa shape index (κ1) is 26.7. The van der Waals surface area contributed by atoms with Crippen molar-refractivity contribution in [3.63, 3.8) is 0 Å². The van der Waals surface area contributed by atoms with E-state index in [0.29, 0.717) is 28.6 Å². The van der Waals surface area contributed by atoms with Crippen molar-refractivity contribution >= 4 is 35.2 Å². The average molecular weight is 533 g/mol. The van der Waals surface area contributed by atoms with Gasteiger partial charge < -0.3 is 9.47 Å². The van der Waals surface area contributed by atoms with E-state index in [-0.39, 0.29) is 29.7 Å². The third-order valence-corrected chi connectivity index (χ3v) is 8.40. The summed E-state index contributed by atoms with van der Waals surface area (Å²) in [5, 5.41) is 1.16. The lowest BCUT2D eigenvalue weighted by atomic mass is 9.55. The first-order valence-electron chi connectivity index (χ1n) is 12.4. The Morgan fingerprint density at radius 1 is 1.22 bits per heavy atom. The molecule has 1 aliphatic heterocycles. The van der Waals surface area contributed by atoms with Crippen LogP contribution in [0.15, 0.2) is 36.5 Å². The van der Waals surface area contributed by atoms with Crippen LogP contribution in [0.2, 0.25) is 10.0 Å². The number of halogens is 2. The van der Waals surface area contributed by atoms with E-state index in [1.165, 1.54) is 4.90 Å². The van der Waals surface area contributed by atoms with E-state index in [0.717, 1.165) is 17.7 Å². The standard InChI is InChI=1S/C28H34Cl2N2O4/c1-7-28-13-12-20(19-10-9-18(35-6)14-21(19)30)23(22-11-8-17(29)15-31-22)24(28)16(2)32(25(28)33)26(34)36-27(3,4)5/h8-11,14-16,20,23-24H,7,12-13H2,1-6H3/t16-,20+,23-,24+,28-/m1/s1. The van der Waals surface area contributed by atoms with Crippen LogP contribution in [-0.2, 0) is 9.53 Å². The Balaban J connectivity index is 1.85. The zero-order valence-electron chi connectivity index (χ0n) is 21.7. The predicted molar refractivity (Wildman–Crippen MR) is 141 cm³/mol. The quantitative estimate of drug-likeness (QED) is 0.415. The fraction of sp³-hybridized carbons (Fsp3) is 0.536. The molecule has 6 nitrogen and oxygen atoms in total. The lowest BCUT2D eigenvalue weighted by Crippen LogP contribution is -2.44. The summed E-state index contributed by atoms with van der Waals surface area (Å²) in [6.07, 6.45) is 3.04. The number of carbonyl (C=O) groups is 2. The largest absolute Gasteiger partial charge is 0.497 e. The van der Waals surface area contributed by atoms with E-state index < -0.39 is 17.1 Å². The maximum atomic E-state index is 14.0. The number of methoxy groups -OCH3 is 1. The Labute approximate surface area is 223 Å². The minimum absolute atomic E-state index is 0.00408. The molecular weight excluding hydrogens is 499 g/mol. The molecule has 1 aliphatic carbocycles. The molecule has 1 aromatic heterocycles. The molecule has 194 valence electrons. The van der Waals surface area contributed by atoms with Crippen LogP contribution in [0.1, 0.15) is 77.0 Å². The van der Waals surface area contributed by atoms with E-state index in [1.54, 1.807) is 34.1 Å².